The predicted octanol–water partition coefficient (Wildman–Crippen LogP) is 3.14. The molecule has 30 heavy (non-hydrogen) atoms. The highest BCUT2D eigenvalue weighted by molar-refractivity contribution is 5.92. The van der Waals surface area contributed by atoms with Crippen LogP contribution in [0.1, 0.15) is 18.9 Å². The van der Waals surface area contributed by atoms with Gasteiger partial charge in [-0.15, -0.1) is 0 Å². The number of ether oxygens (including phenoxy) is 1. The Morgan fingerprint density at radius 1 is 1.17 bits per heavy atom. The van der Waals surface area contributed by atoms with Crippen LogP contribution >= 0.6 is 0 Å². The normalized spacial score (nSPS) is 11.5. The molecule has 2 N–H and O–H groups in total. The van der Waals surface area contributed by atoms with Crippen LogP contribution in [-0.4, -0.2) is 22.1 Å². The molecule has 0 saturated carbocycles. The number of anilines is 1. The number of aromatic amines is 1. The maximum Gasteiger partial charge on any atom is 0.416 e. The first-order valence-electron chi connectivity index (χ1n) is 9.06. The summed E-state index contributed by atoms with van der Waals surface area (Å²) in [5, 5.41) is 2.51. The van der Waals surface area contributed by atoms with Crippen molar-refractivity contribution in [3.8, 4) is 5.75 Å². The summed E-state index contributed by atoms with van der Waals surface area (Å²) in [7, 11) is 0. The van der Waals surface area contributed by atoms with Crippen LogP contribution in [0.4, 0.5) is 18.9 Å². The summed E-state index contributed by atoms with van der Waals surface area (Å²) in [6.07, 6.45) is -4.01. The number of para-hydroxylation sites is 1. The van der Waals surface area contributed by atoms with Gasteiger partial charge in [0.2, 0.25) is 5.91 Å². The van der Waals surface area contributed by atoms with E-state index >= 15 is 0 Å². The largest absolute Gasteiger partial charge is 0.491 e. The monoisotopic (exact) mass is 421 g/mol. The fourth-order valence-corrected chi connectivity index (χ4v) is 2.82. The van der Waals surface area contributed by atoms with Crippen LogP contribution < -0.4 is 21.3 Å². The third-order valence-electron chi connectivity index (χ3n) is 4.23. The Balaban J connectivity index is 1.91. The first-order valence-corrected chi connectivity index (χ1v) is 9.06. The van der Waals surface area contributed by atoms with Gasteiger partial charge in [0, 0.05) is 0 Å². The molecule has 158 valence electrons. The Morgan fingerprint density at radius 3 is 2.60 bits per heavy atom. The number of carbonyl (C=O) groups excluding carboxylic acids is 1. The third kappa shape index (κ3) is 4.53. The highest BCUT2D eigenvalue weighted by Crippen LogP contribution is 2.35. The minimum Gasteiger partial charge on any atom is -0.491 e. The van der Waals surface area contributed by atoms with Gasteiger partial charge in [-0.2, -0.15) is 13.2 Å². The number of halogens is 3. The van der Waals surface area contributed by atoms with Crippen molar-refractivity contribution in [2.75, 3.05) is 11.9 Å². The molecule has 0 fully saturated rings. The lowest BCUT2D eigenvalue weighted by Crippen LogP contribution is -2.38. The van der Waals surface area contributed by atoms with Gasteiger partial charge < -0.3 is 15.0 Å². The second kappa shape index (κ2) is 8.44. The van der Waals surface area contributed by atoms with E-state index < -0.39 is 35.4 Å². The Bertz CT molecular complexity index is 1200. The van der Waals surface area contributed by atoms with Crippen molar-refractivity contribution in [2.45, 2.75) is 26.1 Å². The number of H-pyrrole nitrogens is 1. The van der Waals surface area contributed by atoms with Gasteiger partial charge >= 0.3 is 11.9 Å². The highest BCUT2D eigenvalue weighted by atomic mass is 19.4. The van der Waals surface area contributed by atoms with Crippen LogP contribution in [0.25, 0.3) is 10.9 Å². The Kier molecular flexibility index (Phi) is 5.95. The molecule has 0 bridgehead atoms. The number of alkyl halides is 3. The molecule has 2 aromatic carbocycles. The second-order valence-corrected chi connectivity index (χ2v) is 6.47. The summed E-state index contributed by atoms with van der Waals surface area (Å²) in [6, 6.07) is 8.99. The van der Waals surface area contributed by atoms with Crippen molar-refractivity contribution in [1.29, 1.82) is 0 Å². The highest BCUT2D eigenvalue weighted by Gasteiger charge is 2.31. The van der Waals surface area contributed by atoms with Crippen molar-refractivity contribution in [2.24, 2.45) is 0 Å². The van der Waals surface area contributed by atoms with E-state index in [9.17, 15) is 27.6 Å². The molecular weight excluding hydrogens is 403 g/mol. The number of hydrogen-bond acceptors (Lipinski definition) is 4. The number of rotatable bonds is 6. The van der Waals surface area contributed by atoms with Gasteiger partial charge in [-0.25, -0.2) is 4.79 Å². The molecule has 1 aromatic heterocycles. The van der Waals surface area contributed by atoms with Crippen LogP contribution in [-0.2, 0) is 17.5 Å². The lowest BCUT2D eigenvalue weighted by Gasteiger charge is -2.15. The number of benzene rings is 2. The van der Waals surface area contributed by atoms with Crippen molar-refractivity contribution in [3.05, 3.63) is 68.9 Å². The number of hydrogen-bond donors (Lipinski definition) is 2. The van der Waals surface area contributed by atoms with E-state index in [0.717, 1.165) is 18.2 Å². The van der Waals surface area contributed by atoms with Gasteiger partial charge in [-0.3, -0.25) is 14.2 Å². The SMILES string of the molecule is CCCOc1ccc(C(F)(F)F)cc1NC(=O)Cn1c(=O)[nH]c2ccccc2c1=O. The van der Waals surface area contributed by atoms with Gasteiger partial charge in [0.1, 0.15) is 12.3 Å². The first-order chi connectivity index (χ1) is 14.2. The summed E-state index contributed by atoms with van der Waals surface area (Å²) in [5.41, 5.74) is -2.34. The van der Waals surface area contributed by atoms with Crippen molar-refractivity contribution >= 4 is 22.5 Å². The zero-order chi connectivity index (χ0) is 21.9. The molecule has 0 aliphatic carbocycles. The standard InChI is InChI=1S/C20H18F3N3O4/c1-2-9-30-16-8-7-12(20(21,22)23)10-15(16)24-17(27)11-26-18(28)13-5-3-4-6-14(13)25-19(26)29/h3-8,10H,2,9,11H2,1H3,(H,24,27)(H,25,29). The molecule has 0 spiro atoms. The molecule has 0 radical (unpaired) electrons. The molecule has 3 rings (SSSR count). The van der Waals surface area contributed by atoms with E-state index in [4.69, 9.17) is 4.74 Å². The van der Waals surface area contributed by atoms with Gasteiger partial charge in [0.05, 0.1) is 28.8 Å². The fourth-order valence-electron chi connectivity index (χ4n) is 2.82. The summed E-state index contributed by atoms with van der Waals surface area (Å²) in [6.45, 7) is 1.38. The van der Waals surface area contributed by atoms with Gasteiger partial charge in [0.15, 0.2) is 0 Å². The summed E-state index contributed by atoms with van der Waals surface area (Å²) < 4.78 is 45.2. The van der Waals surface area contributed by atoms with Crippen LogP contribution in [0, 0.1) is 0 Å². The van der Waals surface area contributed by atoms with E-state index in [-0.39, 0.29) is 23.4 Å². The third-order valence-corrected chi connectivity index (χ3v) is 4.23. The molecule has 1 amide bonds. The van der Waals surface area contributed by atoms with Crippen LogP contribution in [0.3, 0.4) is 0 Å². The molecular formula is C20H18F3N3O4. The van der Waals surface area contributed by atoms with Crippen LogP contribution in [0.2, 0.25) is 0 Å². The van der Waals surface area contributed by atoms with Crippen LogP contribution in [0.5, 0.6) is 5.75 Å². The lowest BCUT2D eigenvalue weighted by atomic mass is 10.1. The molecule has 10 heteroatoms. The lowest BCUT2D eigenvalue weighted by molar-refractivity contribution is -0.137. The second-order valence-electron chi connectivity index (χ2n) is 6.47. The molecule has 0 aliphatic heterocycles. The van der Waals surface area contributed by atoms with Crippen molar-refractivity contribution in [1.82, 2.24) is 9.55 Å². The first kappa shape index (κ1) is 21.2. The van der Waals surface area contributed by atoms with E-state index in [1.165, 1.54) is 6.07 Å². The van der Waals surface area contributed by atoms with E-state index in [1.807, 2.05) is 6.92 Å². The van der Waals surface area contributed by atoms with Crippen molar-refractivity contribution < 1.29 is 22.7 Å². The van der Waals surface area contributed by atoms with E-state index in [1.54, 1.807) is 18.2 Å². The topological polar surface area (TPSA) is 93.2 Å². The van der Waals surface area contributed by atoms with E-state index in [0.29, 0.717) is 16.5 Å². The number of amides is 1. The number of fused-ring (bicyclic) bond motifs is 1. The molecule has 1 heterocycles. The average Bonchev–Trinajstić information content (AvgIpc) is 2.69. The molecule has 0 atom stereocenters. The number of carbonyl (C=O) groups is 1. The zero-order valence-electron chi connectivity index (χ0n) is 15.9. The Hall–Kier alpha value is -3.56. The Labute approximate surface area is 168 Å². The Morgan fingerprint density at radius 2 is 1.90 bits per heavy atom. The molecule has 0 aliphatic rings. The molecule has 0 saturated heterocycles. The van der Waals surface area contributed by atoms with Gasteiger partial charge in [-0.1, -0.05) is 19.1 Å². The van der Waals surface area contributed by atoms with Gasteiger partial charge in [-0.05, 0) is 36.8 Å². The minimum atomic E-state index is -4.62. The quantitative estimate of drug-likeness (QED) is 0.640. The number of aromatic nitrogens is 2. The summed E-state index contributed by atoms with van der Waals surface area (Å²) in [5.74, 6) is -0.795. The fraction of sp³-hybridized carbons (Fsp3) is 0.250. The summed E-state index contributed by atoms with van der Waals surface area (Å²) in [4.78, 5) is 39.6. The molecule has 0 unspecified atom stereocenters. The van der Waals surface area contributed by atoms with Gasteiger partial charge in [0.25, 0.3) is 5.56 Å². The maximum absolute atomic E-state index is 13.0. The molecule has 3 aromatic rings. The maximum atomic E-state index is 13.0. The minimum absolute atomic E-state index is 0.0537. The van der Waals surface area contributed by atoms with Crippen LogP contribution in [0.15, 0.2) is 52.1 Å². The van der Waals surface area contributed by atoms with Crippen molar-refractivity contribution in [3.63, 3.8) is 0 Å². The number of nitrogens with zero attached hydrogens (tertiary/aromatic N) is 1. The smallest absolute Gasteiger partial charge is 0.416 e. The predicted molar refractivity (Wildman–Crippen MR) is 105 cm³/mol. The summed E-state index contributed by atoms with van der Waals surface area (Å²) >= 11 is 0. The van der Waals surface area contributed by atoms with E-state index in [2.05, 4.69) is 10.3 Å². The zero-order valence-corrected chi connectivity index (χ0v) is 15.9. The molecule has 7 nitrogen and oxygen atoms in total. The number of nitrogens with one attached hydrogen (secondary N) is 2. The average molecular weight is 421 g/mol.